The normalized spacial score (nSPS) is 11.6. The predicted molar refractivity (Wildman–Crippen MR) is 121 cm³/mol. The largest absolute Gasteiger partial charge is 0.302 e. The van der Waals surface area contributed by atoms with Crippen LogP contribution in [0.15, 0.2) is 18.2 Å². The Hall–Kier alpha value is -1.96. The lowest BCUT2D eigenvalue weighted by atomic mass is 10.2. The summed E-state index contributed by atoms with van der Waals surface area (Å²) in [7, 11) is 0. The second-order valence-electron chi connectivity index (χ2n) is 7.20. The van der Waals surface area contributed by atoms with Gasteiger partial charge in [0.05, 0.1) is 20.9 Å². The van der Waals surface area contributed by atoms with Gasteiger partial charge in [0.15, 0.2) is 5.13 Å². The van der Waals surface area contributed by atoms with Crippen molar-refractivity contribution in [2.75, 3.05) is 31.1 Å². The van der Waals surface area contributed by atoms with Crippen molar-refractivity contribution in [3.8, 4) is 0 Å². The van der Waals surface area contributed by atoms with Gasteiger partial charge in [-0.25, -0.2) is 4.98 Å². The number of thiazole rings is 1. The SMILES string of the molecule is CCN(CC)CCN(C(=O)Cn1nc(C)cc1C)c1nc2c(C)ccc(Cl)c2s1. The van der Waals surface area contributed by atoms with Crippen molar-refractivity contribution in [2.24, 2.45) is 0 Å². The number of carbonyl (C=O) groups excluding carboxylic acids is 1. The number of hydrogen-bond acceptors (Lipinski definition) is 5. The first-order valence-corrected chi connectivity index (χ1v) is 11.1. The molecule has 0 aliphatic carbocycles. The third-order valence-electron chi connectivity index (χ3n) is 5.14. The topological polar surface area (TPSA) is 54.3 Å². The van der Waals surface area contributed by atoms with Crippen LogP contribution in [0.5, 0.6) is 0 Å². The van der Waals surface area contributed by atoms with Gasteiger partial charge in [0.2, 0.25) is 0 Å². The van der Waals surface area contributed by atoms with Crippen molar-refractivity contribution in [2.45, 2.75) is 41.2 Å². The molecule has 0 radical (unpaired) electrons. The highest BCUT2D eigenvalue weighted by Gasteiger charge is 2.22. The van der Waals surface area contributed by atoms with E-state index >= 15 is 0 Å². The van der Waals surface area contributed by atoms with Crippen LogP contribution in [0.25, 0.3) is 10.2 Å². The van der Waals surface area contributed by atoms with Crippen molar-refractivity contribution < 1.29 is 4.79 Å². The van der Waals surface area contributed by atoms with Crippen molar-refractivity contribution in [1.29, 1.82) is 0 Å². The van der Waals surface area contributed by atoms with Crippen LogP contribution in [-0.2, 0) is 11.3 Å². The quantitative estimate of drug-likeness (QED) is 0.526. The molecule has 1 aromatic carbocycles. The Morgan fingerprint density at radius 1 is 1.17 bits per heavy atom. The predicted octanol–water partition coefficient (Wildman–Crippen LogP) is 4.45. The van der Waals surface area contributed by atoms with E-state index in [9.17, 15) is 4.79 Å². The number of aryl methyl sites for hydroxylation is 3. The first-order valence-electron chi connectivity index (χ1n) is 9.93. The van der Waals surface area contributed by atoms with E-state index in [0.717, 1.165) is 46.8 Å². The Kier molecular flexibility index (Phi) is 6.93. The Labute approximate surface area is 181 Å². The van der Waals surface area contributed by atoms with Gasteiger partial charge in [-0.1, -0.05) is 42.9 Å². The average molecular weight is 434 g/mol. The van der Waals surface area contributed by atoms with Crippen LogP contribution < -0.4 is 4.90 Å². The third kappa shape index (κ3) is 4.79. The molecule has 0 bridgehead atoms. The van der Waals surface area contributed by atoms with Gasteiger partial charge in [-0.3, -0.25) is 14.4 Å². The Balaban J connectivity index is 1.94. The summed E-state index contributed by atoms with van der Waals surface area (Å²) in [5, 5.41) is 5.81. The Bertz CT molecular complexity index is 969. The molecule has 0 unspecified atom stereocenters. The molecule has 29 heavy (non-hydrogen) atoms. The summed E-state index contributed by atoms with van der Waals surface area (Å²) in [6.07, 6.45) is 0. The maximum atomic E-state index is 13.3. The fourth-order valence-corrected chi connectivity index (χ4v) is 4.72. The molecule has 3 rings (SSSR count). The highest BCUT2D eigenvalue weighted by Crippen LogP contribution is 2.35. The molecule has 0 atom stereocenters. The molecule has 8 heteroatoms. The van der Waals surface area contributed by atoms with Gasteiger partial charge in [0, 0.05) is 18.8 Å². The summed E-state index contributed by atoms with van der Waals surface area (Å²) in [6.45, 7) is 13.6. The maximum absolute atomic E-state index is 13.3. The van der Waals surface area contributed by atoms with Crippen LogP contribution in [0.4, 0.5) is 5.13 Å². The van der Waals surface area contributed by atoms with Gasteiger partial charge in [0.1, 0.15) is 6.54 Å². The highest BCUT2D eigenvalue weighted by molar-refractivity contribution is 7.23. The number of hydrogen-bond donors (Lipinski definition) is 0. The number of fused-ring (bicyclic) bond motifs is 1. The van der Waals surface area contributed by atoms with E-state index < -0.39 is 0 Å². The van der Waals surface area contributed by atoms with E-state index in [0.29, 0.717) is 16.7 Å². The lowest BCUT2D eigenvalue weighted by molar-refractivity contribution is -0.119. The molecule has 2 heterocycles. The van der Waals surface area contributed by atoms with Crippen molar-refractivity contribution in [3.05, 3.63) is 40.2 Å². The minimum absolute atomic E-state index is 0.0174. The second kappa shape index (κ2) is 9.24. The first-order chi connectivity index (χ1) is 13.8. The fourth-order valence-electron chi connectivity index (χ4n) is 3.36. The summed E-state index contributed by atoms with van der Waals surface area (Å²) >= 11 is 7.87. The molecule has 3 aromatic rings. The summed E-state index contributed by atoms with van der Waals surface area (Å²) in [4.78, 5) is 22.2. The zero-order valence-corrected chi connectivity index (χ0v) is 19.3. The number of benzene rings is 1. The van der Waals surface area contributed by atoms with Crippen molar-refractivity contribution in [3.63, 3.8) is 0 Å². The molecule has 6 nitrogen and oxygen atoms in total. The molecule has 2 aromatic heterocycles. The maximum Gasteiger partial charge on any atom is 0.250 e. The summed E-state index contributed by atoms with van der Waals surface area (Å²) < 4.78 is 2.68. The molecule has 0 aliphatic rings. The van der Waals surface area contributed by atoms with Gasteiger partial charge in [0.25, 0.3) is 5.91 Å². The molecule has 156 valence electrons. The second-order valence-corrected chi connectivity index (χ2v) is 8.58. The van der Waals surface area contributed by atoms with Gasteiger partial charge in [-0.05, 0) is 51.6 Å². The molecule has 0 saturated carbocycles. The lowest BCUT2D eigenvalue weighted by Gasteiger charge is -2.24. The summed E-state index contributed by atoms with van der Waals surface area (Å²) in [6, 6.07) is 5.83. The van der Waals surface area contributed by atoms with E-state index in [-0.39, 0.29) is 12.5 Å². The van der Waals surface area contributed by atoms with Gasteiger partial charge in [-0.2, -0.15) is 5.10 Å². The Morgan fingerprint density at radius 2 is 1.90 bits per heavy atom. The van der Waals surface area contributed by atoms with Crippen LogP contribution in [0, 0.1) is 20.8 Å². The molecule has 0 saturated heterocycles. The first kappa shape index (κ1) is 21.7. The minimum Gasteiger partial charge on any atom is -0.302 e. The van der Waals surface area contributed by atoms with Crippen molar-refractivity contribution >= 4 is 44.2 Å². The number of nitrogens with zero attached hydrogens (tertiary/aromatic N) is 5. The number of amides is 1. The molecule has 0 fully saturated rings. The third-order valence-corrected chi connectivity index (χ3v) is 6.68. The van der Waals surface area contributed by atoms with Crippen LogP contribution in [0.1, 0.15) is 30.8 Å². The minimum atomic E-state index is -0.0174. The smallest absolute Gasteiger partial charge is 0.250 e. The number of likely N-dealkylation sites (N-methyl/N-ethyl adjacent to an activating group) is 1. The van der Waals surface area contributed by atoms with E-state index in [1.807, 2.05) is 39.0 Å². The molecule has 0 N–H and O–H groups in total. The fraction of sp³-hybridized carbons (Fsp3) is 0.476. The molecular weight excluding hydrogens is 406 g/mol. The van der Waals surface area contributed by atoms with Crippen LogP contribution in [0.2, 0.25) is 5.02 Å². The molecule has 0 aliphatic heterocycles. The standard InChI is InChI=1S/C21H28ClN5OS/c1-6-25(7-2)10-11-26(18(28)13-27-16(5)12-15(4)24-27)21-23-19-14(3)8-9-17(22)20(19)29-21/h8-9,12H,6-7,10-11,13H2,1-5H3. The average Bonchev–Trinajstić information content (AvgIpc) is 3.26. The van der Waals surface area contributed by atoms with Crippen LogP contribution >= 0.6 is 22.9 Å². The van der Waals surface area contributed by atoms with Gasteiger partial charge in [-0.15, -0.1) is 0 Å². The van der Waals surface area contributed by atoms with Crippen LogP contribution in [-0.4, -0.2) is 51.8 Å². The number of halogens is 1. The van der Waals surface area contributed by atoms with E-state index in [1.54, 1.807) is 9.58 Å². The number of anilines is 1. The van der Waals surface area contributed by atoms with E-state index in [4.69, 9.17) is 16.6 Å². The molecule has 1 amide bonds. The lowest BCUT2D eigenvalue weighted by Crippen LogP contribution is -2.40. The monoisotopic (exact) mass is 433 g/mol. The summed E-state index contributed by atoms with van der Waals surface area (Å²) in [5.41, 5.74) is 3.81. The van der Waals surface area contributed by atoms with Gasteiger partial charge < -0.3 is 4.90 Å². The number of carbonyl (C=O) groups is 1. The molecular formula is C21H28ClN5OS. The van der Waals surface area contributed by atoms with Gasteiger partial charge >= 0.3 is 0 Å². The van der Waals surface area contributed by atoms with Crippen molar-refractivity contribution in [1.82, 2.24) is 19.7 Å². The zero-order valence-electron chi connectivity index (χ0n) is 17.7. The molecule has 0 spiro atoms. The summed E-state index contributed by atoms with van der Waals surface area (Å²) in [5.74, 6) is -0.0174. The Morgan fingerprint density at radius 3 is 2.48 bits per heavy atom. The van der Waals surface area contributed by atoms with E-state index in [1.165, 1.54) is 11.3 Å². The highest BCUT2D eigenvalue weighted by atomic mass is 35.5. The zero-order chi connectivity index (χ0) is 21.1. The number of aromatic nitrogens is 3. The van der Waals surface area contributed by atoms with E-state index in [2.05, 4.69) is 23.8 Å². The van der Waals surface area contributed by atoms with Crippen LogP contribution in [0.3, 0.4) is 0 Å². The number of rotatable bonds is 8.